The summed E-state index contributed by atoms with van der Waals surface area (Å²) >= 11 is 0. The molecule has 0 aliphatic heterocycles. The summed E-state index contributed by atoms with van der Waals surface area (Å²) in [5, 5.41) is 15.9. The Bertz CT molecular complexity index is 106. The number of hydrogen-bond donors (Lipinski definition) is 2. The van der Waals surface area contributed by atoms with Crippen molar-refractivity contribution in [2.45, 2.75) is 26.7 Å². The summed E-state index contributed by atoms with van der Waals surface area (Å²) in [6.07, 6.45) is 4.60. The van der Waals surface area contributed by atoms with Crippen LogP contribution in [0.25, 0.3) is 0 Å². The third-order valence-electron chi connectivity index (χ3n) is 0.821. The molecule has 66 valence electrons. The maximum atomic E-state index is 9.51. The van der Waals surface area contributed by atoms with Gasteiger partial charge in [0.1, 0.15) is 0 Å². The Kier molecular flexibility index (Phi) is 13.9. The van der Waals surface area contributed by atoms with Crippen molar-refractivity contribution in [1.29, 1.82) is 0 Å². The molecular weight excluding hydrogens is 144 g/mol. The predicted octanol–water partition coefficient (Wildman–Crippen LogP) is 1.43. The summed E-state index contributed by atoms with van der Waals surface area (Å²) in [5.41, 5.74) is 0. The van der Waals surface area contributed by atoms with Gasteiger partial charge in [-0.25, -0.2) is 4.79 Å². The maximum Gasteiger partial charge on any atom is 0.327 e. The number of hydrogen-bond acceptors (Lipinski definition) is 2. The van der Waals surface area contributed by atoms with E-state index >= 15 is 0 Å². The lowest BCUT2D eigenvalue weighted by Crippen LogP contribution is -1.83. The molecule has 0 aromatic carbocycles. The van der Waals surface area contributed by atoms with Crippen molar-refractivity contribution in [2.24, 2.45) is 0 Å². The summed E-state index contributed by atoms with van der Waals surface area (Å²) in [6, 6.07) is 0. The molecule has 0 heterocycles. The third-order valence-corrected chi connectivity index (χ3v) is 0.821. The first kappa shape index (κ1) is 12.8. The largest absolute Gasteiger partial charge is 0.478 e. The fraction of sp³-hybridized carbons (Fsp3) is 0.625. The second-order valence-electron chi connectivity index (χ2n) is 1.92. The SMILES string of the molecule is C/C=C/C(=O)O.CCCCO. The molecule has 0 spiro atoms. The Morgan fingerprint density at radius 3 is 2.09 bits per heavy atom. The van der Waals surface area contributed by atoms with Gasteiger partial charge in [-0.1, -0.05) is 19.4 Å². The van der Waals surface area contributed by atoms with Crippen molar-refractivity contribution in [1.82, 2.24) is 0 Å². The van der Waals surface area contributed by atoms with Gasteiger partial charge in [-0.05, 0) is 13.3 Å². The Morgan fingerprint density at radius 2 is 2.09 bits per heavy atom. The number of carboxylic acids is 1. The molecule has 0 bridgehead atoms. The number of carboxylic acid groups (broad SMARTS) is 1. The number of aliphatic hydroxyl groups is 1. The van der Waals surface area contributed by atoms with Crippen molar-refractivity contribution in [3.63, 3.8) is 0 Å². The fourth-order valence-corrected chi connectivity index (χ4v) is 0.301. The zero-order valence-corrected chi connectivity index (χ0v) is 7.08. The Morgan fingerprint density at radius 1 is 1.55 bits per heavy atom. The van der Waals surface area contributed by atoms with Crippen LogP contribution in [-0.4, -0.2) is 22.8 Å². The zero-order valence-electron chi connectivity index (χ0n) is 7.08. The topological polar surface area (TPSA) is 57.5 Å². The standard InChI is InChI=1S/C4H6O2.C4H10O/c1-2-3-4(5)6;1-2-3-4-5/h2-3H,1H3,(H,5,6);5H,2-4H2,1H3/b3-2+;. The van der Waals surface area contributed by atoms with E-state index in [0.717, 1.165) is 18.9 Å². The molecule has 0 aromatic heterocycles. The maximum absolute atomic E-state index is 9.51. The van der Waals surface area contributed by atoms with Gasteiger partial charge in [0.25, 0.3) is 0 Å². The van der Waals surface area contributed by atoms with E-state index < -0.39 is 5.97 Å². The molecule has 11 heavy (non-hydrogen) atoms. The molecule has 0 fully saturated rings. The lowest BCUT2D eigenvalue weighted by molar-refractivity contribution is -0.131. The molecule has 0 rings (SSSR count). The van der Waals surface area contributed by atoms with Crippen LogP contribution in [0.1, 0.15) is 26.7 Å². The van der Waals surface area contributed by atoms with Crippen molar-refractivity contribution in [2.75, 3.05) is 6.61 Å². The number of aliphatic carboxylic acids is 1. The van der Waals surface area contributed by atoms with Gasteiger partial charge in [0.05, 0.1) is 0 Å². The fourth-order valence-electron chi connectivity index (χ4n) is 0.301. The molecule has 0 aliphatic rings. The lowest BCUT2D eigenvalue weighted by Gasteiger charge is -1.79. The molecule has 0 saturated carbocycles. The lowest BCUT2D eigenvalue weighted by atomic mass is 10.4. The van der Waals surface area contributed by atoms with Gasteiger partial charge in [0.2, 0.25) is 0 Å². The molecule has 0 atom stereocenters. The Labute approximate surface area is 67.4 Å². The summed E-state index contributed by atoms with van der Waals surface area (Å²) in [4.78, 5) is 9.51. The summed E-state index contributed by atoms with van der Waals surface area (Å²) in [7, 11) is 0. The molecule has 3 heteroatoms. The van der Waals surface area contributed by atoms with Crippen LogP contribution in [0.5, 0.6) is 0 Å². The number of aliphatic hydroxyl groups excluding tert-OH is 1. The van der Waals surface area contributed by atoms with E-state index in [1.165, 1.54) is 6.08 Å². The summed E-state index contributed by atoms with van der Waals surface area (Å²) in [6.45, 7) is 4.06. The van der Waals surface area contributed by atoms with Crippen molar-refractivity contribution in [3.8, 4) is 0 Å². The smallest absolute Gasteiger partial charge is 0.327 e. The van der Waals surface area contributed by atoms with E-state index in [1.807, 2.05) is 0 Å². The Balaban J connectivity index is 0. The van der Waals surface area contributed by atoms with Crippen molar-refractivity contribution < 1.29 is 15.0 Å². The average Bonchev–Trinajstić information content (AvgIpc) is 1.90. The highest BCUT2D eigenvalue weighted by atomic mass is 16.4. The van der Waals surface area contributed by atoms with Gasteiger partial charge in [0, 0.05) is 12.7 Å². The monoisotopic (exact) mass is 160 g/mol. The third kappa shape index (κ3) is 27.1. The Hall–Kier alpha value is -0.830. The van der Waals surface area contributed by atoms with E-state index in [9.17, 15) is 4.79 Å². The minimum absolute atomic E-state index is 0.344. The molecule has 0 amide bonds. The van der Waals surface area contributed by atoms with Gasteiger partial charge in [0.15, 0.2) is 0 Å². The molecule has 3 nitrogen and oxygen atoms in total. The van der Waals surface area contributed by atoms with Crippen LogP contribution < -0.4 is 0 Å². The van der Waals surface area contributed by atoms with Gasteiger partial charge in [-0.3, -0.25) is 0 Å². The number of rotatable bonds is 3. The van der Waals surface area contributed by atoms with E-state index in [-0.39, 0.29) is 0 Å². The van der Waals surface area contributed by atoms with E-state index in [4.69, 9.17) is 10.2 Å². The molecular formula is C8H16O3. The number of unbranched alkanes of at least 4 members (excludes halogenated alkanes) is 1. The highest BCUT2D eigenvalue weighted by Gasteiger charge is 1.76. The predicted molar refractivity (Wildman–Crippen MR) is 44.4 cm³/mol. The molecule has 0 unspecified atom stereocenters. The average molecular weight is 160 g/mol. The summed E-state index contributed by atoms with van der Waals surface area (Å²) in [5.74, 6) is -0.891. The van der Waals surface area contributed by atoms with Gasteiger partial charge in [-0.2, -0.15) is 0 Å². The second-order valence-corrected chi connectivity index (χ2v) is 1.92. The van der Waals surface area contributed by atoms with Gasteiger partial charge in [-0.15, -0.1) is 0 Å². The highest BCUT2D eigenvalue weighted by Crippen LogP contribution is 1.78. The quantitative estimate of drug-likeness (QED) is 0.614. The van der Waals surface area contributed by atoms with Crippen LogP contribution in [0.2, 0.25) is 0 Å². The minimum atomic E-state index is -0.891. The van der Waals surface area contributed by atoms with Crippen LogP contribution in [0.4, 0.5) is 0 Å². The molecule has 0 saturated heterocycles. The first-order valence-electron chi connectivity index (χ1n) is 3.65. The normalized spacial score (nSPS) is 9.00. The van der Waals surface area contributed by atoms with Crippen LogP contribution >= 0.6 is 0 Å². The van der Waals surface area contributed by atoms with Crippen LogP contribution in [0, 0.1) is 0 Å². The minimum Gasteiger partial charge on any atom is -0.478 e. The van der Waals surface area contributed by atoms with E-state index in [0.29, 0.717) is 6.61 Å². The zero-order chi connectivity index (χ0) is 9.11. The first-order valence-corrected chi connectivity index (χ1v) is 3.65. The van der Waals surface area contributed by atoms with Crippen LogP contribution in [0.3, 0.4) is 0 Å². The number of allylic oxidation sites excluding steroid dienone is 1. The van der Waals surface area contributed by atoms with Crippen molar-refractivity contribution in [3.05, 3.63) is 12.2 Å². The first-order chi connectivity index (χ1) is 5.18. The molecule has 2 N–H and O–H groups in total. The second kappa shape index (κ2) is 11.9. The van der Waals surface area contributed by atoms with Gasteiger partial charge >= 0.3 is 5.97 Å². The summed E-state index contributed by atoms with van der Waals surface area (Å²) < 4.78 is 0. The van der Waals surface area contributed by atoms with E-state index in [2.05, 4.69) is 6.92 Å². The van der Waals surface area contributed by atoms with Gasteiger partial charge < -0.3 is 10.2 Å². The molecule has 0 aromatic rings. The van der Waals surface area contributed by atoms with Crippen LogP contribution in [0.15, 0.2) is 12.2 Å². The van der Waals surface area contributed by atoms with Crippen LogP contribution in [-0.2, 0) is 4.79 Å². The molecule has 0 aliphatic carbocycles. The van der Waals surface area contributed by atoms with Crippen molar-refractivity contribution >= 4 is 5.97 Å². The number of carbonyl (C=O) groups is 1. The van der Waals surface area contributed by atoms with E-state index in [1.54, 1.807) is 6.92 Å². The molecule has 0 radical (unpaired) electrons. The highest BCUT2D eigenvalue weighted by molar-refractivity contribution is 5.79.